The molecule has 35 heavy (non-hydrogen) atoms. The molecule has 2 aromatic heterocycles. The number of pyridine rings is 1. The number of aromatic nitrogens is 3. The van der Waals surface area contributed by atoms with Gasteiger partial charge in [0.1, 0.15) is 11.9 Å². The lowest BCUT2D eigenvalue weighted by Crippen LogP contribution is -2.43. The predicted octanol–water partition coefficient (Wildman–Crippen LogP) is 2.56. The predicted molar refractivity (Wildman–Crippen MR) is 130 cm³/mol. The van der Waals surface area contributed by atoms with Crippen LogP contribution in [0.3, 0.4) is 0 Å². The van der Waals surface area contributed by atoms with Crippen LogP contribution in [0.25, 0.3) is 10.9 Å². The van der Waals surface area contributed by atoms with Crippen molar-refractivity contribution in [2.45, 2.75) is 44.6 Å². The lowest BCUT2D eigenvalue weighted by molar-refractivity contribution is -0.173. The quantitative estimate of drug-likeness (QED) is 0.279. The molecule has 0 saturated heterocycles. The number of carbonyl (C=O) groups excluding carboxylic acids is 1. The number of carboxylic acids is 1. The minimum absolute atomic E-state index is 0.0578. The Morgan fingerprint density at radius 3 is 2.91 bits per heavy atom. The van der Waals surface area contributed by atoms with E-state index in [0.717, 1.165) is 49.3 Å². The zero-order valence-corrected chi connectivity index (χ0v) is 19.8. The molecule has 0 unspecified atom stereocenters. The maximum atomic E-state index is 13.0. The van der Waals surface area contributed by atoms with Crippen molar-refractivity contribution in [1.29, 1.82) is 0 Å². The van der Waals surface area contributed by atoms with Gasteiger partial charge in [-0.15, -0.1) is 5.06 Å². The van der Waals surface area contributed by atoms with Crippen LogP contribution in [0.15, 0.2) is 36.5 Å². The van der Waals surface area contributed by atoms with Gasteiger partial charge in [-0.25, -0.2) is 9.78 Å². The molecular weight excluding hydrogens is 450 g/mol. The highest BCUT2D eigenvalue weighted by Gasteiger charge is 2.29. The van der Waals surface area contributed by atoms with E-state index < -0.39 is 18.0 Å². The summed E-state index contributed by atoms with van der Waals surface area (Å²) in [7, 11) is 1.78. The summed E-state index contributed by atoms with van der Waals surface area (Å²) in [5.41, 5.74) is 3.27. The van der Waals surface area contributed by atoms with Gasteiger partial charge in [-0.2, -0.15) is 5.10 Å². The number of anilines is 1. The van der Waals surface area contributed by atoms with Gasteiger partial charge < -0.3 is 20.4 Å². The van der Waals surface area contributed by atoms with Gasteiger partial charge in [0.15, 0.2) is 0 Å². The van der Waals surface area contributed by atoms with Crippen molar-refractivity contribution < 1.29 is 24.6 Å². The number of nitrogens with one attached hydrogen (secondary N) is 1. The highest BCUT2D eigenvalue weighted by molar-refractivity contribution is 6.03. The van der Waals surface area contributed by atoms with Crippen LogP contribution in [0.1, 0.15) is 47.3 Å². The van der Waals surface area contributed by atoms with Crippen molar-refractivity contribution >= 4 is 28.7 Å². The van der Waals surface area contributed by atoms with E-state index in [2.05, 4.69) is 16.5 Å². The number of unbranched alkanes of at least 4 members (excludes halogenated alkanes) is 1. The third-order valence-electron chi connectivity index (χ3n) is 6.26. The van der Waals surface area contributed by atoms with E-state index in [1.165, 1.54) is 10.6 Å². The molecule has 0 spiro atoms. The smallest absolute Gasteiger partial charge is 0.357 e. The van der Waals surface area contributed by atoms with Crippen molar-refractivity contribution in [2.75, 3.05) is 25.0 Å². The molecule has 0 amide bonds. The Morgan fingerprint density at radius 1 is 1.26 bits per heavy atom. The molecule has 0 saturated carbocycles. The first-order valence-electron chi connectivity index (χ1n) is 11.9. The van der Waals surface area contributed by atoms with Crippen LogP contribution in [-0.4, -0.2) is 67.7 Å². The van der Waals surface area contributed by atoms with Gasteiger partial charge in [0.2, 0.25) is 0 Å². The standard InChI is InChI=1S/C25H31N5O5/c1-29-21-9-4-8-19(20(21)16-27-29)25(34)35-30(22(12-15-31)24(32)33)14-3-2-7-18-11-10-17-6-5-13-26-23(17)28-18/h4,8-11,16,22,31H,2-3,5-7,12-15H2,1H3,(H,26,28)(H,32,33)/t22-/m0/s1. The number of fused-ring (bicyclic) bond motifs is 2. The summed E-state index contributed by atoms with van der Waals surface area (Å²) < 4.78 is 1.65. The number of aliphatic hydroxyl groups excluding tert-OH is 1. The van der Waals surface area contributed by atoms with Crippen LogP contribution >= 0.6 is 0 Å². The van der Waals surface area contributed by atoms with Crippen molar-refractivity contribution in [1.82, 2.24) is 19.8 Å². The molecule has 3 heterocycles. The van der Waals surface area contributed by atoms with Crippen LogP contribution in [-0.2, 0) is 29.5 Å². The van der Waals surface area contributed by atoms with Gasteiger partial charge in [-0.3, -0.25) is 9.48 Å². The van der Waals surface area contributed by atoms with E-state index in [1.807, 2.05) is 12.1 Å². The SMILES string of the molecule is Cn1ncc2c(C(=O)ON(CCCCc3ccc4c(n3)NCCC4)[C@@H](CCO)C(=O)O)cccc21. The fourth-order valence-corrected chi connectivity index (χ4v) is 4.37. The molecule has 186 valence electrons. The Kier molecular flexibility index (Phi) is 7.94. The Bertz CT molecular complexity index is 1190. The third-order valence-corrected chi connectivity index (χ3v) is 6.26. The average molecular weight is 482 g/mol. The first kappa shape index (κ1) is 24.6. The Labute approximate surface area is 203 Å². The number of carboxylic acid groups (broad SMARTS) is 1. The number of aliphatic carboxylic acids is 1. The molecule has 0 aliphatic carbocycles. The summed E-state index contributed by atoms with van der Waals surface area (Å²) in [6, 6.07) is 8.19. The first-order chi connectivity index (χ1) is 17.0. The van der Waals surface area contributed by atoms with E-state index in [0.29, 0.717) is 17.4 Å². The zero-order chi connectivity index (χ0) is 24.8. The molecule has 1 aromatic carbocycles. The number of carbonyl (C=O) groups is 2. The fourth-order valence-electron chi connectivity index (χ4n) is 4.37. The van der Waals surface area contributed by atoms with Crippen molar-refractivity contribution in [2.24, 2.45) is 7.05 Å². The Hall–Kier alpha value is -3.50. The lowest BCUT2D eigenvalue weighted by Gasteiger charge is -2.27. The summed E-state index contributed by atoms with van der Waals surface area (Å²) in [4.78, 5) is 35.2. The van der Waals surface area contributed by atoms with E-state index in [-0.39, 0.29) is 19.6 Å². The monoisotopic (exact) mass is 481 g/mol. The Morgan fingerprint density at radius 2 is 2.11 bits per heavy atom. The topological polar surface area (TPSA) is 130 Å². The number of nitrogens with zero attached hydrogens (tertiary/aromatic N) is 4. The minimum Gasteiger partial charge on any atom is -0.480 e. The number of benzene rings is 1. The van der Waals surface area contributed by atoms with Crippen LogP contribution in [0.2, 0.25) is 0 Å². The van der Waals surface area contributed by atoms with E-state index in [4.69, 9.17) is 9.82 Å². The minimum atomic E-state index is -1.16. The number of rotatable bonds is 11. The van der Waals surface area contributed by atoms with Crippen LogP contribution in [0.4, 0.5) is 5.82 Å². The van der Waals surface area contributed by atoms with Gasteiger partial charge in [0.25, 0.3) is 0 Å². The number of hydrogen-bond acceptors (Lipinski definition) is 8. The normalized spacial score (nSPS) is 13.9. The van der Waals surface area contributed by atoms with E-state index in [1.54, 1.807) is 30.1 Å². The van der Waals surface area contributed by atoms with Crippen LogP contribution < -0.4 is 5.32 Å². The zero-order valence-electron chi connectivity index (χ0n) is 19.8. The second-order valence-corrected chi connectivity index (χ2v) is 8.69. The summed E-state index contributed by atoms with van der Waals surface area (Å²) in [6.07, 6.45) is 5.72. The Balaban J connectivity index is 1.42. The molecule has 1 aliphatic rings. The molecule has 3 aromatic rings. The maximum absolute atomic E-state index is 13.0. The second kappa shape index (κ2) is 11.3. The summed E-state index contributed by atoms with van der Waals surface area (Å²) >= 11 is 0. The summed E-state index contributed by atoms with van der Waals surface area (Å²) in [5, 5.41) is 28.4. The average Bonchev–Trinajstić information content (AvgIpc) is 3.25. The number of hydroxylamine groups is 2. The van der Waals surface area contributed by atoms with Crippen molar-refractivity contribution in [3.05, 3.63) is 53.3 Å². The first-order valence-corrected chi connectivity index (χ1v) is 11.9. The van der Waals surface area contributed by atoms with E-state index in [9.17, 15) is 19.8 Å². The highest BCUT2D eigenvalue weighted by Crippen LogP contribution is 2.22. The molecule has 10 heteroatoms. The molecule has 1 atom stereocenters. The lowest BCUT2D eigenvalue weighted by atomic mass is 10.1. The van der Waals surface area contributed by atoms with Crippen LogP contribution in [0, 0.1) is 0 Å². The van der Waals surface area contributed by atoms with Gasteiger partial charge in [0.05, 0.1) is 17.3 Å². The molecule has 0 radical (unpaired) electrons. The van der Waals surface area contributed by atoms with Gasteiger partial charge in [-0.1, -0.05) is 12.1 Å². The maximum Gasteiger partial charge on any atom is 0.357 e. The molecule has 3 N–H and O–H groups in total. The number of aliphatic hydroxyl groups is 1. The van der Waals surface area contributed by atoms with Gasteiger partial charge >= 0.3 is 11.9 Å². The van der Waals surface area contributed by atoms with Crippen molar-refractivity contribution in [3.8, 4) is 0 Å². The van der Waals surface area contributed by atoms with Gasteiger partial charge in [-0.05, 0) is 62.3 Å². The van der Waals surface area contributed by atoms with E-state index >= 15 is 0 Å². The molecule has 4 rings (SSSR count). The number of aryl methyl sites for hydroxylation is 3. The number of hydrogen-bond donors (Lipinski definition) is 3. The molecular formula is C25H31N5O5. The molecule has 0 fully saturated rings. The fraction of sp³-hybridized carbons (Fsp3) is 0.440. The van der Waals surface area contributed by atoms with Crippen LogP contribution in [0.5, 0.6) is 0 Å². The molecule has 1 aliphatic heterocycles. The largest absolute Gasteiger partial charge is 0.480 e. The van der Waals surface area contributed by atoms with Crippen molar-refractivity contribution in [3.63, 3.8) is 0 Å². The van der Waals surface area contributed by atoms with Gasteiger partial charge in [0, 0.05) is 37.8 Å². The molecule has 10 nitrogen and oxygen atoms in total. The summed E-state index contributed by atoms with van der Waals surface area (Å²) in [5.74, 6) is -0.869. The second-order valence-electron chi connectivity index (χ2n) is 8.69. The third kappa shape index (κ3) is 5.77. The summed E-state index contributed by atoms with van der Waals surface area (Å²) in [6.45, 7) is 0.808. The highest BCUT2D eigenvalue weighted by atomic mass is 16.7. The molecule has 0 bridgehead atoms.